The highest BCUT2D eigenvalue weighted by Crippen LogP contribution is 2.31. The Kier molecular flexibility index (Phi) is 3.25. The molecule has 0 saturated heterocycles. The van der Waals surface area contributed by atoms with Crippen molar-refractivity contribution in [2.24, 2.45) is 5.92 Å². The van der Waals surface area contributed by atoms with E-state index in [0.29, 0.717) is 6.04 Å². The number of hydrogen-bond donors (Lipinski definition) is 1. The van der Waals surface area contributed by atoms with Crippen molar-refractivity contribution in [3.8, 4) is 0 Å². The summed E-state index contributed by atoms with van der Waals surface area (Å²) in [6, 6.07) is 7.09. The third kappa shape index (κ3) is 2.37. The van der Waals surface area contributed by atoms with E-state index in [1.54, 1.807) is 11.3 Å². The highest BCUT2D eigenvalue weighted by molar-refractivity contribution is 7.22. The van der Waals surface area contributed by atoms with E-state index in [2.05, 4.69) is 42.3 Å². The predicted octanol–water partition coefficient (Wildman–Crippen LogP) is 4.60. The molecule has 2 nitrogen and oxygen atoms in total. The number of thiazole rings is 1. The zero-order valence-corrected chi connectivity index (χ0v) is 11.9. The molecule has 0 amide bonds. The fraction of sp³-hybridized carbons (Fsp3) is 0.533. The van der Waals surface area contributed by atoms with Gasteiger partial charge in [-0.2, -0.15) is 0 Å². The second-order valence-electron chi connectivity index (χ2n) is 5.50. The molecule has 1 aromatic carbocycles. The minimum Gasteiger partial charge on any atom is -0.358 e. The lowest BCUT2D eigenvalue weighted by Crippen LogP contribution is -2.30. The average Bonchev–Trinajstić information content (AvgIpc) is 2.73. The van der Waals surface area contributed by atoms with Gasteiger partial charge in [-0.25, -0.2) is 4.98 Å². The molecule has 96 valence electrons. The van der Waals surface area contributed by atoms with Gasteiger partial charge in [-0.1, -0.05) is 37.2 Å². The SMILES string of the molecule is Cc1ccc2nc(NC3CCCCC3C)sc2c1. The monoisotopic (exact) mass is 260 g/mol. The second kappa shape index (κ2) is 4.88. The van der Waals surface area contributed by atoms with Gasteiger partial charge in [0.1, 0.15) is 0 Å². The van der Waals surface area contributed by atoms with Crippen LogP contribution in [-0.2, 0) is 0 Å². The van der Waals surface area contributed by atoms with Gasteiger partial charge in [0.25, 0.3) is 0 Å². The molecule has 2 unspecified atom stereocenters. The molecular weight excluding hydrogens is 240 g/mol. The van der Waals surface area contributed by atoms with E-state index in [1.807, 2.05) is 0 Å². The first-order chi connectivity index (χ1) is 8.72. The Bertz CT molecular complexity index is 546. The van der Waals surface area contributed by atoms with E-state index < -0.39 is 0 Å². The molecule has 0 radical (unpaired) electrons. The number of rotatable bonds is 2. The molecule has 1 aromatic heterocycles. The molecule has 18 heavy (non-hydrogen) atoms. The molecule has 3 rings (SSSR count). The van der Waals surface area contributed by atoms with Crippen LogP contribution < -0.4 is 5.32 Å². The molecule has 2 aromatic rings. The molecule has 0 aliphatic heterocycles. The quantitative estimate of drug-likeness (QED) is 0.854. The summed E-state index contributed by atoms with van der Waals surface area (Å²) in [5.41, 5.74) is 2.43. The number of anilines is 1. The van der Waals surface area contributed by atoms with Crippen LogP contribution in [0.5, 0.6) is 0 Å². The average molecular weight is 260 g/mol. The number of nitrogens with zero attached hydrogens (tertiary/aromatic N) is 1. The van der Waals surface area contributed by atoms with E-state index in [9.17, 15) is 0 Å². The largest absolute Gasteiger partial charge is 0.358 e. The summed E-state index contributed by atoms with van der Waals surface area (Å²) in [7, 11) is 0. The van der Waals surface area contributed by atoms with E-state index >= 15 is 0 Å². The van der Waals surface area contributed by atoms with Crippen LogP contribution in [0.4, 0.5) is 5.13 Å². The van der Waals surface area contributed by atoms with Crippen molar-refractivity contribution in [1.29, 1.82) is 0 Å². The van der Waals surface area contributed by atoms with Gasteiger partial charge >= 0.3 is 0 Å². The van der Waals surface area contributed by atoms with Gasteiger partial charge in [-0.15, -0.1) is 0 Å². The van der Waals surface area contributed by atoms with Crippen molar-refractivity contribution in [1.82, 2.24) is 4.98 Å². The van der Waals surface area contributed by atoms with E-state index in [1.165, 1.54) is 35.9 Å². The van der Waals surface area contributed by atoms with Crippen LogP contribution in [0.1, 0.15) is 38.2 Å². The fourth-order valence-corrected chi connectivity index (χ4v) is 3.81. The first kappa shape index (κ1) is 12.0. The first-order valence-corrected chi connectivity index (χ1v) is 7.68. The summed E-state index contributed by atoms with van der Waals surface area (Å²) >= 11 is 1.78. The standard InChI is InChI=1S/C15H20N2S/c1-10-7-8-13-14(9-10)18-15(17-13)16-12-6-4-3-5-11(12)2/h7-9,11-12H,3-6H2,1-2H3,(H,16,17). The van der Waals surface area contributed by atoms with Gasteiger partial charge in [-0.05, 0) is 43.4 Å². The lowest BCUT2D eigenvalue weighted by Gasteiger charge is -2.29. The maximum atomic E-state index is 4.69. The van der Waals surface area contributed by atoms with Gasteiger partial charge in [0.05, 0.1) is 10.2 Å². The number of benzene rings is 1. The third-order valence-corrected chi connectivity index (χ3v) is 4.91. The van der Waals surface area contributed by atoms with Gasteiger partial charge in [0.2, 0.25) is 0 Å². The number of nitrogens with one attached hydrogen (secondary N) is 1. The first-order valence-electron chi connectivity index (χ1n) is 6.86. The third-order valence-electron chi connectivity index (χ3n) is 3.96. The minimum atomic E-state index is 0.611. The van der Waals surface area contributed by atoms with Crippen LogP contribution >= 0.6 is 11.3 Å². The topological polar surface area (TPSA) is 24.9 Å². The Balaban J connectivity index is 1.81. The summed E-state index contributed by atoms with van der Waals surface area (Å²) in [5, 5.41) is 4.74. The van der Waals surface area contributed by atoms with Gasteiger partial charge < -0.3 is 5.32 Å². The molecule has 1 N–H and O–H groups in total. The Hall–Kier alpha value is -1.09. The Morgan fingerprint density at radius 3 is 2.94 bits per heavy atom. The van der Waals surface area contributed by atoms with Gasteiger partial charge in [0.15, 0.2) is 5.13 Å². The Morgan fingerprint density at radius 2 is 2.11 bits per heavy atom. The highest BCUT2D eigenvalue weighted by atomic mass is 32.1. The summed E-state index contributed by atoms with van der Waals surface area (Å²) in [6.07, 6.45) is 5.38. The fourth-order valence-electron chi connectivity index (χ4n) is 2.78. The van der Waals surface area contributed by atoms with E-state index in [4.69, 9.17) is 0 Å². The molecule has 1 heterocycles. The Labute approximate surface area is 112 Å². The van der Waals surface area contributed by atoms with Crippen molar-refractivity contribution in [2.75, 3.05) is 5.32 Å². The summed E-state index contributed by atoms with van der Waals surface area (Å²) in [4.78, 5) is 4.69. The maximum Gasteiger partial charge on any atom is 0.184 e. The lowest BCUT2D eigenvalue weighted by molar-refractivity contribution is 0.349. The molecule has 3 heteroatoms. The molecule has 1 aliphatic rings. The van der Waals surface area contributed by atoms with Crippen LogP contribution in [0.3, 0.4) is 0 Å². The highest BCUT2D eigenvalue weighted by Gasteiger charge is 2.21. The van der Waals surface area contributed by atoms with Crippen LogP contribution in [0, 0.1) is 12.8 Å². The van der Waals surface area contributed by atoms with Crippen LogP contribution in [-0.4, -0.2) is 11.0 Å². The lowest BCUT2D eigenvalue weighted by atomic mass is 9.86. The van der Waals surface area contributed by atoms with E-state index in [0.717, 1.165) is 16.6 Å². The Morgan fingerprint density at radius 1 is 1.28 bits per heavy atom. The zero-order valence-electron chi connectivity index (χ0n) is 11.1. The number of aryl methyl sites for hydroxylation is 1. The van der Waals surface area contributed by atoms with E-state index in [-0.39, 0.29) is 0 Å². The summed E-state index contributed by atoms with van der Waals surface area (Å²) in [6.45, 7) is 4.49. The second-order valence-corrected chi connectivity index (χ2v) is 6.53. The maximum absolute atomic E-state index is 4.69. The molecule has 1 fully saturated rings. The molecule has 2 atom stereocenters. The summed E-state index contributed by atoms with van der Waals surface area (Å²) in [5.74, 6) is 0.771. The van der Waals surface area contributed by atoms with Crippen molar-refractivity contribution in [3.63, 3.8) is 0 Å². The van der Waals surface area contributed by atoms with Gasteiger partial charge in [-0.3, -0.25) is 0 Å². The van der Waals surface area contributed by atoms with Crippen molar-refractivity contribution < 1.29 is 0 Å². The smallest absolute Gasteiger partial charge is 0.184 e. The molecule has 0 bridgehead atoms. The molecule has 0 spiro atoms. The van der Waals surface area contributed by atoms with Crippen molar-refractivity contribution >= 4 is 26.7 Å². The van der Waals surface area contributed by atoms with Crippen molar-refractivity contribution in [3.05, 3.63) is 23.8 Å². The van der Waals surface area contributed by atoms with Crippen LogP contribution in [0.15, 0.2) is 18.2 Å². The minimum absolute atomic E-state index is 0.611. The normalized spacial score (nSPS) is 24.3. The van der Waals surface area contributed by atoms with Crippen molar-refractivity contribution in [2.45, 2.75) is 45.6 Å². The molecule has 1 saturated carbocycles. The van der Waals surface area contributed by atoms with Crippen LogP contribution in [0.2, 0.25) is 0 Å². The zero-order chi connectivity index (χ0) is 12.5. The number of hydrogen-bond acceptors (Lipinski definition) is 3. The molecule has 1 aliphatic carbocycles. The number of aromatic nitrogens is 1. The van der Waals surface area contributed by atoms with Crippen LogP contribution in [0.25, 0.3) is 10.2 Å². The summed E-state index contributed by atoms with van der Waals surface area (Å²) < 4.78 is 1.29. The predicted molar refractivity (Wildman–Crippen MR) is 79.4 cm³/mol. The molecular formula is C15H20N2S. The number of fused-ring (bicyclic) bond motifs is 1. The van der Waals surface area contributed by atoms with Gasteiger partial charge in [0, 0.05) is 6.04 Å².